The van der Waals surface area contributed by atoms with Crippen LogP contribution in [0.25, 0.3) is 5.69 Å². The maximum absolute atomic E-state index is 13.4. The third-order valence-corrected chi connectivity index (χ3v) is 5.44. The van der Waals surface area contributed by atoms with Gasteiger partial charge in [-0.05, 0) is 53.6 Å². The van der Waals surface area contributed by atoms with Crippen molar-refractivity contribution in [3.8, 4) is 11.8 Å². The van der Waals surface area contributed by atoms with Crippen molar-refractivity contribution >= 4 is 11.6 Å². The van der Waals surface area contributed by atoms with Gasteiger partial charge in [-0.2, -0.15) is 36.7 Å². The van der Waals surface area contributed by atoms with Gasteiger partial charge in [0.15, 0.2) is 5.69 Å². The molecule has 1 unspecified atom stereocenters. The Morgan fingerprint density at radius 1 is 0.895 bits per heavy atom. The van der Waals surface area contributed by atoms with E-state index in [9.17, 15) is 36.2 Å². The van der Waals surface area contributed by atoms with Gasteiger partial charge < -0.3 is 10.4 Å². The highest BCUT2D eigenvalue weighted by Gasteiger charge is 2.36. The number of hydrogen-bond acceptors (Lipinski definition) is 4. The molecule has 3 aromatic carbocycles. The number of alkyl halides is 6. The van der Waals surface area contributed by atoms with E-state index in [1.54, 1.807) is 0 Å². The van der Waals surface area contributed by atoms with Gasteiger partial charge in [0.1, 0.15) is 11.8 Å². The third kappa shape index (κ3) is 5.68. The maximum Gasteiger partial charge on any atom is 0.435 e. The van der Waals surface area contributed by atoms with Crippen molar-refractivity contribution in [2.24, 2.45) is 0 Å². The van der Waals surface area contributed by atoms with Gasteiger partial charge in [0.25, 0.3) is 5.91 Å². The van der Waals surface area contributed by atoms with E-state index in [-0.39, 0.29) is 28.1 Å². The molecule has 2 N–H and O–H groups in total. The molecule has 0 fully saturated rings. The van der Waals surface area contributed by atoms with Crippen molar-refractivity contribution in [1.82, 2.24) is 9.78 Å². The zero-order valence-electron chi connectivity index (χ0n) is 19.0. The summed E-state index contributed by atoms with van der Waals surface area (Å²) < 4.78 is 80.0. The molecule has 12 heteroatoms. The minimum absolute atomic E-state index is 0.0402. The first-order valence-electron chi connectivity index (χ1n) is 10.8. The second-order valence-corrected chi connectivity index (χ2v) is 8.09. The fourth-order valence-corrected chi connectivity index (χ4v) is 3.64. The Morgan fingerprint density at radius 2 is 1.55 bits per heavy atom. The smallest absolute Gasteiger partial charge is 0.384 e. The minimum atomic E-state index is -4.86. The lowest BCUT2D eigenvalue weighted by atomic mass is 9.99. The molecule has 0 aliphatic carbocycles. The summed E-state index contributed by atoms with van der Waals surface area (Å²) in [4.78, 5) is 13.0. The molecule has 1 aromatic heterocycles. The van der Waals surface area contributed by atoms with Crippen molar-refractivity contribution in [3.63, 3.8) is 0 Å². The molecule has 0 radical (unpaired) electrons. The van der Waals surface area contributed by atoms with Crippen LogP contribution >= 0.6 is 0 Å². The van der Waals surface area contributed by atoms with Crippen LogP contribution in [0.15, 0.2) is 78.9 Å². The highest BCUT2D eigenvalue weighted by Crippen LogP contribution is 2.33. The van der Waals surface area contributed by atoms with Gasteiger partial charge in [-0.3, -0.25) is 4.79 Å². The van der Waals surface area contributed by atoms with E-state index in [1.165, 1.54) is 54.6 Å². The number of halogens is 6. The third-order valence-electron chi connectivity index (χ3n) is 5.44. The zero-order chi connectivity index (χ0) is 27.7. The average Bonchev–Trinajstić information content (AvgIpc) is 3.35. The van der Waals surface area contributed by atoms with Gasteiger partial charge in [-0.15, -0.1) is 0 Å². The van der Waals surface area contributed by atoms with E-state index < -0.39 is 41.3 Å². The lowest BCUT2D eigenvalue weighted by Gasteiger charge is -2.15. The number of benzene rings is 3. The number of hydrogen-bond donors (Lipinski definition) is 2. The number of nitrogens with zero attached hydrogens (tertiary/aromatic N) is 3. The highest BCUT2D eigenvalue weighted by atomic mass is 19.4. The Hall–Kier alpha value is -4.63. The summed E-state index contributed by atoms with van der Waals surface area (Å²) in [7, 11) is 0. The van der Waals surface area contributed by atoms with Gasteiger partial charge in [-0.1, -0.05) is 30.3 Å². The topological polar surface area (TPSA) is 90.9 Å². The van der Waals surface area contributed by atoms with Crippen molar-refractivity contribution in [2.45, 2.75) is 18.5 Å². The summed E-state index contributed by atoms with van der Waals surface area (Å²) >= 11 is 0. The zero-order valence-corrected chi connectivity index (χ0v) is 19.0. The molecule has 6 nitrogen and oxygen atoms in total. The van der Waals surface area contributed by atoms with Crippen LogP contribution in [0.3, 0.4) is 0 Å². The molecule has 1 amide bonds. The van der Waals surface area contributed by atoms with E-state index in [2.05, 4.69) is 10.4 Å². The molecule has 0 saturated carbocycles. The van der Waals surface area contributed by atoms with E-state index in [0.717, 1.165) is 22.9 Å². The molecule has 0 aliphatic rings. The van der Waals surface area contributed by atoms with Gasteiger partial charge in [0.05, 0.1) is 22.9 Å². The van der Waals surface area contributed by atoms with Gasteiger partial charge >= 0.3 is 12.4 Å². The van der Waals surface area contributed by atoms with Gasteiger partial charge in [0.2, 0.25) is 0 Å². The first-order chi connectivity index (χ1) is 17.9. The quantitative estimate of drug-likeness (QED) is 0.305. The van der Waals surface area contributed by atoms with Crippen LogP contribution in [0.5, 0.6) is 0 Å². The Bertz CT molecular complexity index is 1540. The molecular formula is C26H16F6N4O2. The second-order valence-electron chi connectivity index (χ2n) is 8.09. The van der Waals surface area contributed by atoms with Crippen LogP contribution < -0.4 is 5.32 Å². The molecule has 38 heavy (non-hydrogen) atoms. The fraction of sp³-hybridized carbons (Fsp3) is 0.115. The number of anilines is 1. The molecule has 0 bridgehead atoms. The van der Waals surface area contributed by atoms with E-state index in [0.29, 0.717) is 6.07 Å². The van der Waals surface area contributed by atoms with Crippen molar-refractivity contribution in [3.05, 3.63) is 113 Å². The van der Waals surface area contributed by atoms with Gasteiger partial charge in [-0.25, -0.2) is 4.68 Å². The molecule has 4 aromatic rings. The molecule has 194 valence electrons. The first-order valence-corrected chi connectivity index (χ1v) is 10.8. The summed E-state index contributed by atoms with van der Waals surface area (Å²) in [5.41, 5.74) is -2.46. The Kier molecular flexibility index (Phi) is 6.97. The van der Waals surface area contributed by atoms with E-state index in [1.807, 2.05) is 6.07 Å². The molecule has 1 atom stereocenters. The highest BCUT2D eigenvalue weighted by molar-refractivity contribution is 6.03. The summed E-state index contributed by atoms with van der Waals surface area (Å²) in [6.07, 6.45) is -11.0. The predicted octanol–water partition coefficient (Wildman–Crippen LogP) is 6.12. The largest absolute Gasteiger partial charge is 0.435 e. The first kappa shape index (κ1) is 26.4. The lowest BCUT2D eigenvalue weighted by Crippen LogP contribution is -2.17. The lowest BCUT2D eigenvalue weighted by molar-refractivity contribution is -0.141. The van der Waals surface area contributed by atoms with Crippen LogP contribution in [-0.4, -0.2) is 20.8 Å². The monoisotopic (exact) mass is 530 g/mol. The number of amides is 1. The number of nitrogens with one attached hydrogen (secondary N) is 1. The number of aliphatic hydroxyl groups is 1. The van der Waals surface area contributed by atoms with Crippen LogP contribution in [0.1, 0.15) is 44.5 Å². The second kappa shape index (κ2) is 10.0. The number of aromatic nitrogens is 2. The standard InChI is InChI=1S/C26H16F6N4O2/c27-25(28,29)18-7-2-5-16(11-18)23(37)17-6-3-8-19(12-17)34-24(38)21-13-22(26(30,31)32)35-36(21)20-9-1-4-15(10-20)14-33/h1-13,23,37H,(H,34,38). The molecular weight excluding hydrogens is 514 g/mol. The van der Waals surface area contributed by atoms with E-state index in [4.69, 9.17) is 5.26 Å². The molecule has 0 saturated heterocycles. The van der Waals surface area contributed by atoms with E-state index >= 15 is 0 Å². The summed E-state index contributed by atoms with van der Waals surface area (Å²) in [5.74, 6) is -0.985. The van der Waals surface area contributed by atoms with Gasteiger partial charge in [0, 0.05) is 11.8 Å². The van der Waals surface area contributed by atoms with Crippen LogP contribution in [0, 0.1) is 11.3 Å². The van der Waals surface area contributed by atoms with Crippen molar-refractivity contribution in [2.75, 3.05) is 5.32 Å². The SMILES string of the molecule is N#Cc1cccc(-n2nc(C(F)(F)F)cc2C(=O)Nc2cccc(C(O)c3cccc(C(F)(F)F)c3)c2)c1. The van der Waals surface area contributed by atoms with Crippen LogP contribution in [0.2, 0.25) is 0 Å². The fourth-order valence-electron chi connectivity index (χ4n) is 3.64. The average molecular weight is 530 g/mol. The maximum atomic E-state index is 13.4. The predicted molar refractivity (Wildman–Crippen MR) is 123 cm³/mol. The number of nitriles is 1. The normalized spacial score (nSPS) is 12.6. The summed E-state index contributed by atoms with van der Waals surface area (Å²) in [5, 5.41) is 25.7. The van der Waals surface area contributed by atoms with Crippen molar-refractivity contribution < 1.29 is 36.2 Å². The van der Waals surface area contributed by atoms with Crippen LogP contribution in [0.4, 0.5) is 32.0 Å². The molecule has 0 spiro atoms. The van der Waals surface area contributed by atoms with Crippen LogP contribution in [-0.2, 0) is 12.4 Å². The number of rotatable bonds is 5. The molecule has 0 aliphatic heterocycles. The Labute approximate surface area is 211 Å². The Morgan fingerprint density at radius 3 is 2.21 bits per heavy atom. The summed E-state index contributed by atoms with van der Waals surface area (Å²) in [6, 6.07) is 17.5. The Balaban J connectivity index is 1.65. The summed E-state index contributed by atoms with van der Waals surface area (Å²) in [6.45, 7) is 0. The minimum Gasteiger partial charge on any atom is -0.384 e. The number of carbonyl (C=O) groups is 1. The molecule has 1 heterocycles. The number of aliphatic hydroxyl groups excluding tert-OH is 1. The molecule has 4 rings (SSSR count). The van der Waals surface area contributed by atoms with Crippen molar-refractivity contribution in [1.29, 1.82) is 5.26 Å². The number of carbonyl (C=O) groups excluding carboxylic acids is 1.